The number of anilines is 2. The summed E-state index contributed by atoms with van der Waals surface area (Å²) in [5.74, 6) is -1.05. The zero-order valence-electron chi connectivity index (χ0n) is 10.7. The molecular formula is C11H16N4O4. The van der Waals surface area contributed by atoms with Crippen molar-refractivity contribution in [3.63, 3.8) is 0 Å². The summed E-state index contributed by atoms with van der Waals surface area (Å²) < 4.78 is 0. The molecule has 0 unspecified atom stereocenters. The highest BCUT2D eigenvalue weighted by Gasteiger charge is 2.35. The van der Waals surface area contributed by atoms with Crippen LogP contribution in [0.15, 0.2) is 12.1 Å². The maximum Gasteiger partial charge on any atom is 0.329 e. The highest BCUT2D eigenvalue weighted by Crippen LogP contribution is 2.25. The molecule has 1 aromatic rings. The highest BCUT2D eigenvalue weighted by molar-refractivity contribution is 5.82. The fraction of sp³-hybridized carbons (Fsp3) is 0.455. The number of aromatic nitrogens is 1. The zero-order chi connectivity index (χ0) is 14.6. The van der Waals surface area contributed by atoms with Crippen molar-refractivity contribution in [2.75, 3.05) is 11.1 Å². The minimum atomic E-state index is -1.16. The first-order chi connectivity index (χ1) is 8.86. The predicted octanol–water partition coefficient (Wildman–Crippen LogP) is 1.63. The average Bonchev–Trinajstić information content (AvgIpc) is 2.35. The number of aliphatic carboxylic acids is 1. The smallest absolute Gasteiger partial charge is 0.329 e. The summed E-state index contributed by atoms with van der Waals surface area (Å²) in [5, 5.41) is 22.7. The van der Waals surface area contributed by atoms with Crippen LogP contribution in [-0.2, 0) is 4.79 Å². The molecule has 0 aromatic carbocycles. The van der Waals surface area contributed by atoms with Crippen molar-refractivity contribution < 1.29 is 14.8 Å². The van der Waals surface area contributed by atoms with E-state index in [1.54, 1.807) is 13.8 Å². The van der Waals surface area contributed by atoms with E-state index in [2.05, 4.69) is 10.3 Å². The Morgan fingerprint density at radius 1 is 1.53 bits per heavy atom. The molecule has 0 atom stereocenters. The first-order valence-corrected chi connectivity index (χ1v) is 5.78. The maximum absolute atomic E-state index is 11.3. The molecule has 0 amide bonds. The summed E-state index contributed by atoms with van der Waals surface area (Å²) >= 11 is 0. The van der Waals surface area contributed by atoms with E-state index in [0.29, 0.717) is 12.8 Å². The third-order valence-corrected chi connectivity index (χ3v) is 3.08. The quantitative estimate of drug-likeness (QED) is 0.527. The van der Waals surface area contributed by atoms with Gasteiger partial charge in [-0.2, -0.15) is 0 Å². The fourth-order valence-corrected chi connectivity index (χ4v) is 1.72. The van der Waals surface area contributed by atoms with Gasteiger partial charge in [0.15, 0.2) is 0 Å². The molecule has 0 saturated heterocycles. The standard InChI is InChI=1S/C11H16N4O4/c1-3-11(4-2,10(16)17)14-8-6-5-7(15(18)19)9(12)13-8/h5-6H,3-4H2,1-2H3,(H,16,17)(H3,12,13,14). The lowest BCUT2D eigenvalue weighted by molar-refractivity contribution is -0.384. The van der Waals surface area contributed by atoms with Gasteiger partial charge in [0.05, 0.1) is 4.92 Å². The van der Waals surface area contributed by atoms with Crippen LogP contribution in [0.5, 0.6) is 0 Å². The van der Waals surface area contributed by atoms with Crippen molar-refractivity contribution >= 4 is 23.3 Å². The maximum atomic E-state index is 11.3. The summed E-state index contributed by atoms with van der Waals surface area (Å²) in [6, 6.07) is 2.54. The number of rotatable bonds is 6. The van der Waals surface area contributed by atoms with Crippen LogP contribution in [0.25, 0.3) is 0 Å². The van der Waals surface area contributed by atoms with Gasteiger partial charge < -0.3 is 16.2 Å². The Bertz CT molecular complexity index is 499. The molecule has 1 heterocycles. The molecule has 4 N–H and O–H groups in total. The molecule has 8 heteroatoms. The van der Waals surface area contributed by atoms with Gasteiger partial charge in [-0.3, -0.25) is 10.1 Å². The summed E-state index contributed by atoms with van der Waals surface area (Å²) in [4.78, 5) is 25.1. The Labute approximate surface area is 109 Å². The van der Waals surface area contributed by atoms with Crippen molar-refractivity contribution in [2.45, 2.75) is 32.2 Å². The lowest BCUT2D eigenvalue weighted by atomic mass is 9.93. The molecule has 0 radical (unpaired) electrons. The molecule has 8 nitrogen and oxygen atoms in total. The van der Waals surface area contributed by atoms with Gasteiger partial charge in [-0.1, -0.05) is 13.8 Å². The number of carboxylic acids is 1. The van der Waals surface area contributed by atoms with E-state index in [1.807, 2.05) is 0 Å². The Morgan fingerprint density at radius 3 is 2.47 bits per heavy atom. The largest absolute Gasteiger partial charge is 0.480 e. The Hall–Kier alpha value is -2.38. The Balaban J connectivity index is 3.08. The van der Waals surface area contributed by atoms with Gasteiger partial charge in [0, 0.05) is 6.07 Å². The van der Waals surface area contributed by atoms with Gasteiger partial charge in [-0.05, 0) is 18.9 Å². The van der Waals surface area contributed by atoms with E-state index >= 15 is 0 Å². The molecule has 0 spiro atoms. The third kappa shape index (κ3) is 2.90. The zero-order valence-corrected chi connectivity index (χ0v) is 10.7. The summed E-state index contributed by atoms with van der Waals surface area (Å²) in [6.45, 7) is 3.47. The first kappa shape index (κ1) is 14.7. The third-order valence-electron chi connectivity index (χ3n) is 3.08. The molecule has 0 bridgehead atoms. The number of nitrogens with two attached hydrogens (primary N) is 1. The number of nitro groups is 1. The Morgan fingerprint density at radius 2 is 2.11 bits per heavy atom. The van der Waals surface area contributed by atoms with Crippen LogP contribution in [0.2, 0.25) is 0 Å². The second kappa shape index (κ2) is 5.51. The van der Waals surface area contributed by atoms with E-state index in [1.165, 1.54) is 12.1 Å². The molecule has 104 valence electrons. The molecule has 1 rings (SSSR count). The van der Waals surface area contributed by atoms with E-state index in [4.69, 9.17) is 5.73 Å². The van der Waals surface area contributed by atoms with Crippen LogP contribution in [-0.4, -0.2) is 26.5 Å². The van der Waals surface area contributed by atoms with Gasteiger partial charge in [0.25, 0.3) is 0 Å². The molecule has 1 aromatic heterocycles. The van der Waals surface area contributed by atoms with E-state index < -0.39 is 16.4 Å². The SMILES string of the molecule is CCC(CC)(Nc1ccc([N+](=O)[O-])c(N)n1)C(=O)O. The number of hydrogen-bond acceptors (Lipinski definition) is 6. The molecule has 0 aliphatic carbocycles. The molecular weight excluding hydrogens is 252 g/mol. The number of carbonyl (C=O) groups is 1. The lowest BCUT2D eigenvalue weighted by Gasteiger charge is -2.28. The molecule has 0 aliphatic rings. The number of hydrogen-bond donors (Lipinski definition) is 3. The minimum absolute atomic E-state index is 0.203. The number of nitrogens with zero attached hydrogens (tertiary/aromatic N) is 2. The fourth-order valence-electron chi connectivity index (χ4n) is 1.72. The lowest BCUT2D eigenvalue weighted by Crippen LogP contribution is -2.45. The normalized spacial score (nSPS) is 11.1. The van der Waals surface area contributed by atoms with Crippen LogP contribution < -0.4 is 11.1 Å². The summed E-state index contributed by atoms with van der Waals surface area (Å²) in [7, 11) is 0. The number of pyridine rings is 1. The van der Waals surface area contributed by atoms with Crippen LogP contribution >= 0.6 is 0 Å². The van der Waals surface area contributed by atoms with E-state index in [-0.39, 0.29) is 17.3 Å². The van der Waals surface area contributed by atoms with Crippen molar-refractivity contribution in [2.24, 2.45) is 0 Å². The molecule has 0 fully saturated rings. The topological polar surface area (TPSA) is 131 Å². The molecule has 0 aliphatic heterocycles. The minimum Gasteiger partial charge on any atom is -0.480 e. The average molecular weight is 268 g/mol. The van der Waals surface area contributed by atoms with Crippen LogP contribution in [0.4, 0.5) is 17.3 Å². The van der Waals surface area contributed by atoms with Gasteiger partial charge in [0.1, 0.15) is 11.4 Å². The number of carboxylic acid groups (broad SMARTS) is 1. The molecule has 19 heavy (non-hydrogen) atoms. The van der Waals surface area contributed by atoms with E-state index in [9.17, 15) is 20.0 Å². The number of nitrogen functional groups attached to an aromatic ring is 1. The van der Waals surface area contributed by atoms with Crippen LogP contribution in [0.1, 0.15) is 26.7 Å². The predicted molar refractivity (Wildman–Crippen MR) is 69.9 cm³/mol. The van der Waals surface area contributed by atoms with Crippen molar-refractivity contribution in [3.05, 3.63) is 22.2 Å². The van der Waals surface area contributed by atoms with Crippen molar-refractivity contribution in [3.8, 4) is 0 Å². The summed E-state index contributed by atoms with van der Waals surface area (Å²) in [5.41, 5.74) is 4.00. The van der Waals surface area contributed by atoms with Crippen LogP contribution in [0.3, 0.4) is 0 Å². The van der Waals surface area contributed by atoms with Gasteiger partial charge >= 0.3 is 11.7 Å². The molecule has 0 saturated carbocycles. The Kier molecular flexibility index (Phi) is 4.26. The van der Waals surface area contributed by atoms with Gasteiger partial charge in [-0.25, -0.2) is 9.78 Å². The van der Waals surface area contributed by atoms with Gasteiger partial charge in [-0.15, -0.1) is 0 Å². The first-order valence-electron chi connectivity index (χ1n) is 5.78. The van der Waals surface area contributed by atoms with Crippen molar-refractivity contribution in [1.82, 2.24) is 4.98 Å². The second-order valence-corrected chi connectivity index (χ2v) is 4.08. The summed E-state index contributed by atoms with van der Waals surface area (Å²) in [6.07, 6.45) is 0.689. The second-order valence-electron chi connectivity index (χ2n) is 4.08. The van der Waals surface area contributed by atoms with E-state index in [0.717, 1.165) is 0 Å². The number of nitrogens with one attached hydrogen (secondary N) is 1. The highest BCUT2D eigenvalue weighted by atomic mass is 16.6. The van der Waals surface area contributed by atoms with Crippen LogP contribution in [0, 0.1) is 10.1 Å². The monoisotopic (exact) mass is 268 g/mol. The van der Waals surface area contributed by atoms with Crippen molar-refractivity contribution in [1.29, 1.82) is 0 Å². The van der Waals surface area contributed by atoms with Gasteiger partial charge in [0.2, 0.25) is 5.82 Å².